The van der Waals surface area contributed by atoms with Gasteiger partial charge in [0.25, 0.3) is 0 Å². The molecule has 0 spiro atoms. The van der Waals surface area contributed by atoms with Gasteiger partial charge in [0, 0.05) is 18.2 Å². The number of rotatable bonds is 2. The molecule has 6 nitrogen and oxygen atoms in total. The lowest BCUT2D eigenvalue weighted by molar-refractivity contribution is -0.145. The molecule has 2 atom stereocenters. The molecule has 0 bridgehead atoms. The highest BCUT2D eigenvalue weighted by Gasteiger charge is 2.35. The van der Waals surface area contributed by atoms with Gasteiger partial charge in [0.1, 0.15) is 0 Å². The van der Waals surface area contributed by atoms with Crippen molar-refractivity contribution in [3.63, 3.8) is 0 Å². The van der Waals surface area contributed by atoms with E-state index in [0.29, 0.717) is 12.0 Å². The van der Waals surface area contributed by atoms with E-state index in [4.69, 9.17) is 5.11 Å². The third-order valence-electron chi connectivity index (χ3n) is 2.60. The third-order valence-corrected chi connectivity index (χ3v) is 2.60. The first-order chi connectivity index (χ1) is 7.18. The standard InChI is InChI=1S/C9H11N3O3/c13-7-2-1-6(9(14)15)8(12-7)5-3-10-11-4-5/h3-4,6,8H,1-2H2,(H,10,11)(H,12,13)(H,14,15)/t6-,8-/m1/s1. The van der Waals surface area contributed by atoms with Crippen LogP contribution < -0.4 is 5.32 Å². The zero-order valence-corrected chi connectivity index (χ0v) is 7.93. The summed E-state index contributed by atoms with van der Waals surface area (Å²) in [5.74, 6) is -1.57. The van der Waals surface area contributed by atoms with Crippen LogP contribution in [-0.4, -0.2) is 27.2 Å². The first kappa shape index (κ1) is 9.70. The van der Waals surface area contributed by atoms with Crippen LogP contribution in [0, 0.1) is 5.92 Å². The van der Waals surface area contributed by atoms with Crippen molar-refractivity contribution >= 4 is 11.9 Å². The molecule has 0 saturated carbocycles. The Morgan fingerprint density at radius 2 is 2.40 bits per heavy atom. The van der Waals surface area contributed by atoms with Gasteiger partial charge in [0.05, 0.1) is 18.2 Å². The fraction of sp³-hybridized carbons (Fsp3) is 0.444. The quantitative estimate of drug-likeness (QED) is 0.641. The molecule has 1 amide bonds. The minimum absolute atomic E-state index is 0.112. The summed E-state index contributed by atoms with van der Waals surface area (Å²) in [6.07, 6.45) is 3.78. The Balaban J connectivity index is 2.24. The fourth-order valence-corrected chi connectivity index (χ4v) is 1.81. The van der Waals surface area contributed by atoms with E-state index in [-0.39, 0.29) is 12.3 Å². The van der Waals surface area contributed by atoms with Crippen molar-refractivity contribution in [2.75, 3.05) is 0 Å². The molecule has 2 rings (SSSR count). The van der Waals surface area contributed by atoms with E-state index in [1.54, 1.807) is 6.20 Å². The van der Waals surface area contributed by atoms with Crippen LogP contribution in [0.5, 0.6) is 0 Å². The van der Waals surface area contributed by atoms with Crippen molar-refractivity contribution < 1.29 is 14.7 Å². The Bertz CT molecular complexity index is 374. The zero-order valence-electron chi connectivity index (χ0n) is 7.93. The minimum Gasteiger partial charge on any atom is -0.481 e. The number of carboxylic acid groups (broad SMARTS) is 1. The van der Waals surface area contributed by atoms with E-state index >= 15 is 0 Å². The average Bonchev–Trinajstić information content (AvgIpc) is 2.69. The molecule has 80 valence electrons. The average molecular weight is 209 g/mol. The van der Waals surface area contributed by atoms with Crippen LogP contribution in [0.2, 0.25) is 0 Å². The van der Waals surface area contributed by atoms with Crippen LogP contribution in [0.25, 0.3) is 0 Å². The lowest BCUT2D eigenvalue weighted by atomic mass is 9.87. The van der Waals surface area contributed by atoms with Crippen molar-refractivity contribution in [1.29, 1.82) is 0 Å². The SMILES string of the molecule is O=C1CC[C@@H](C(=O)O)[C@@H](c2cn[nH]c2)N1. The van der Waals surface area contributed by atoms with Crippen molar-refractivity contribution in [2.45, 2.75) is 18.9 Å². The van der Waals surface area contributed by atoms with Gasteiger partial charge in [-0.1, -0.05) is 0 Å². The van der Waals surface area contributed by atoms with Crippen LogP contribution in [0.15, 0.2) is 12.4 Å². The molecular formula is C9H11N3O3. The van der Waals surface area contributed by atoms with Crippen LogP contribution >= 0.6 is 0 Å². The highest BCUT2D eigenvalue weighted by atomic mass is 16.4. The highest BCUT2D eigenvalue weighted by molar-refractivity contribution is 5.81. The van der Waals surface area contributed by atoms with Gasteiger partial charge in [0.2, 0.25) is 5.91 Å². The van der Waals surface area contributed by atoms with Crippen LogP contribution in [0.3, 0.4) is 0 Å². The monoisotopic (exact) mass is 209 g/mol. The molecule has 1 fully saturated rings. The molecule has 6 heteroatoms. The summed E-state index contributed by atoms with van der Waals surface area (Å²) in [5, 5.41) is 18.0. The number of carbonyl (C=O) groups is 2. The lowest BCUT2D eigenvalue weighted by Crippen LogP contribution is -2.41. The first-order valence-corrected chi connectivity index (χ1v) is 4.69. The van der Waals surface area contributed by atoms with E-state index in [1.807, 2.05) is 0 Å². The van der Waals surface area contributed by atoms with Crippen LogP contribution in [0.1, 0.15) is 24.4 Å². The lowest BCUT2D eigenvalue weighted by Gasteiger charge is -2.28. The van der Waals surface area contributed by atoms with Crippen molar-refractivity contribution in [3.8, 4) is 0 Å². The molecule has 1 aliphatic rings. The second-order valence-corrected chi connectivity index (χ2v) is 3.56. The summed E-state index contributed by atoms with van der Waals surface area (Å²) in [7, 11) is 0. The van der Waals surface area contributed by atoms with Gasteiger partial charge in [-0.15, -0.1) is 0 Å². The Kier molecular flexibility index (Phi) is 2.40. The number of H-pyrrole nitrogens is 1. The molecular weight excluding hydrogens is 198 g/mol. The number of amides is 1. The number of aromatic nitrogens is 2. The molecule has 0 unspecified atom stereocenters. The molecule has 0 aliphatic carbocycles. The molecule has 1 aromatic rings. The number of nitrogens with one attached hydrogen (secondary N) is 2. The van der Waals surface area contributed by atoms with Gasteiger partial charge < -0.3 is 10.4 Å². The highest BCUT2D eigenvalue weighted by Crippen LogP contribution is 2.29. The van der Waals surface area contributed by atoms with Gasteiger partial charge in [-0.05, 0) is 6.42 Å². The Hall–Kier alpha value is -1.85. The van der Waals surface area contributed by atoms with Crippen molar-refractivity contribution in [2.24, 2.45) is 5.92 Å². The molecule has 0 aromatic carbocycles. The molecule has 1 aromatic heterocycles. The molecule has 2 heterocycles. The number of hydrogen-bond donors (Lipinski definition) is 3. The van der Waals surface area contributed by atoms with Crippen molar-refractivity contribution in [3.05, 3.63) is 18.0 Å². The number of nitrogens with zero attached hydrogens (tertiary/aromatic N) is 1. The third kappa shape index (κ3) is 1.83. The predicted octanol–water partition coefficient (Wildman–Crippen LogP) is 0.0616. The largest absolute Gasteiger partial charge is 0.481 e. The van der Waals surface area contributed by atoms with Crippen LogP contribution in [-0.2, 0) is 9.59 Å². The Morgan fingerprint density at radius 3 is 3.00 bits per heavy atom. The topological polar surface area (TPSA) is 95.1 Å². The molecule has 3 N–H and O–H groups in total. The number of carbonyl (C=O) groups excluding carboxylic acids is 1. The smallest absolute Gasteiger partial charge is 0.308 e. The van der Waals surface area contributed by atoms with Gasteiger partial charge in [-0.25, -0.2) is 0 Å². The second-order valence-electron chi connectivity index (χ2n) is 3.56. The van der Waals surface area contributed by atoms with E-state index in [2.05, 4.69) is 15.5 Å². The number of hydrogen-bond acceptors (Lipinski definition) is 3. The maximum atomic E-state index is 11.2. The van der Waals surface area contributed by atoms with Gasteiger partial charge in [0.15, 0.2) is 0 Å². The maximum Gasteiger partial charge on any atom is 0.308 e. The Labute approximate surface area is 85.7 Å². The number of aromatic amines is 1. The number of aliphatic carboxylic acids is 1. The minimum atomic E-state index is -0.888. The molecule has 0 radical (unpaired) electrons. The molecule has 1 saturated heterocycles. The van der Waals surface area contributed by atoms with Gasteiger partial charge >= 0.3 is 5.97 Å². The predicted molar refractivity (Wildman–Crippen MR) is 49.8 cm³/mol. The van der Waals surface area contributed by atoms with Gasteiger partial charge in [-0.2, -0.15) is 5.10 Å². The summed E-state index contributed by atoms with van der Waals surface area (Å²) in [4.78, 5) is 22.2. The summed E-state index contributed by atoms with van der Waals surface area (Å²) in [5.41, 5.74) is 0.704. The summed E-state index contributed by atoms with van der Waals surface area (Å²) in [6.45, 7) is 0. The van der Waals surface area contributed by atoms with E-state index < -0.39 is 17.9 Å². The number of piperidine rings is 1. The summed E-state index contributed by atoms with van der Waals surface area (Å²) >= 11 is 0. The Morgan fingerprint density at radius 1 is 1.60 bits per heavy atom. The maximum absolute atomic E-state index is 11.2. The summed E-state index contributed by atoms with van der Waals surface area (Å²) in [6, 6.07) is -0.470. The summed E-state index contributed by atoms with van der Waals surface area (Å²) < 4.78 is 0. The molecule has 1 aliphatic heterocycles. The van der Waals surface area contributed by atoms with E-state index in [0.717, 1.165) is 0 Å². The molecule has 15 heavy (non-hydrogen) atoms. The van der Waals surface area contributed by atoms with E-state index in [1.165, 1.54) is 6.20 Å². The number of carboxylic acids is 1. The van der Waals surface area contributed by atoms with Gasteiger partial charge in [-0.3, -0.25) is 14.7 Å². The second kappa shape index (κ2) is 3.72. The normalized spacial score (nSPS) is 26.0. The fourth-order valence-electron chi connectivity index (χ4n) is 1.81. The van der Waals surface area contributed by atoms with E-state index in [9.17, 15) is 9.59 Å². The van der Waals surface area contributed by atoms with Crippen molar-refractivity contribution in [1.82, 2.24) is 15.5 Å². The van der Waals surface area contributed by atoms with Crippen LogP contribution in [0.4, 0.5) is 0 Å². The zero-order chi connectivity index (χ0) is 10.8. The first-order valence-electron chi connectivity index (χ1n) is 4.69.